The normalized spacial score (nSPS) is 10.6. The van der Waals surface area contributed by atoms with Gasteiger partial charge in [0.15, 0.2) is 0 Å². The van der Waals surface area contributed by atoms with Crippen molar-refractivity contribution in [2.45, 2.75) is 40.5 Å². The largest absolute Gasteiger partial charge is 0.398 e. The number of hydrogen-bond donors (Lipinski definition) is 2. The van der Waals surface area contributed by atoms with Gasteiger partial charge in [-0.1, -0.05) is 13.8 Å². The lowest BCUT2D eigenvalue weighted by Gasteiger charge is -2.18. The predicted octanol–water partition coefficient (Wildman–Crippen LogP) is 2.59. The Balaban J connectivity index is 3.55. The maximum absolute atomic E-state index is 6.08. The fourth-order valence-electron chi connectivity index (χ4n) is 2.09. The molecule has 2 nitrogen and oxygen atoms in total. The van der Waals surface area contributed by atoms with Crippen LogP contribution in [0.3, 0.4) is 0 Å². The summed E-state index contributed by atoms with van der Waals surface area (Å²) in [6.45, 7) is 8.35. The topological polar surface area (TPSA) is 52.0 Å². The number of anilines is 2. The number of nitrogen functional groups attached to an aromatic ring is 2. The molecular weight excluding hydrogens is 172 g/mol. The fourth-order valence-corrected chi connectivity index (χ4v) is 2.09. The highest BCUT2D eigenvalue weighted by atomic mass is 14.6. The molecule has 0 aliphatic rings. The molecule has 0 heterocycles. The van der Waals surface area contributed by atoms with Crippen molar-refractivity contribution in [3.63, 3.8) is 0 Å². The van der Waals surface area contributed by atoms with Crippen molar-refractivity contribution in [1.29, 1.82) is 0 Å². The molecule has 0 fully saturated rings. The summed E-state index contributed by atoms with van der Waals surface area (Å²) in [7, 11) is 0. The molecule has 14 heavy (non-hydrogen) atoms. The molecule has 1 aromatic carbocycles. The number of benzene rings is 1. The van der Waals surface area contributed by atoms with Gasteiger partial charge in [0, 0.05) is 11.4 Å². The number of hydrogen-bond acceptors (Lipinski definition) is 2. The molecule has 0 atom stereocenters. The number of rotatable bonds is 2. The van der Waals surface area contributed by atoms with Gasteiger partial charge in [0.25, 0.3) is 0 Å². The van der Waals surface area contributed by atoms with E-state index in [9.17, 15) is 0 Å². The molecule has 0 saturated carbocycles. The van der Waals surface area contributed by atoms with Crippen LogP contribution in [0, 0.1) is 13.8 Å². The summed E-state index contributed by atoms with van der Waals surface area (Å²) < 4.78 is 0. The molecule has 0 bridgehead atoms. The average Bonchev–Trinajstić information content (AvgIpc) is 2.17. The Hall–Kier alpha value is -1.18. The van der Waals surface area contributed by atoms with Gasteiger partial charge in [-0.05, 0) is 48.9 Å². The molecule has 1 aromatic rings. The summed E-state index contributed by atoms with van der Waals surface area (Å²) in [6.07, 6.45) is 1.90. The van der Waals surface area contributed by atoms with E-state index < -0.39 is 0 Å². The standard InChI is InChI=1S/C12H20N2/c1-5-9-7(3)12(14)10(6-2)8(4)11(9)13/h5-6,13-14H2,1-4H3. The van der Waals surface area contributed by atoms with Gasteiger partial charge in [-0.15, -0.1) is 0 Å². The first-order valence-corrected chi connectivity index (χ1v) is 5.20. The van der Waals surface area contributed by atoms with Crippen LogP contribution in [0.5, 0.6) is 0 Å². The zero-order valence-electron chi connectivity index (χ0n) is 9.57. The van der Waals surface area contributed by atoms with E-state index >= 15 is 0 Å². The van der Waals surface area contributed by atoms with Crippen LogP contribution >= 0.6 is 0 Å². The molecule has 0 aliphatic heterocycles. The zero-order valence-corrected chi connectivity index (χ0v) is 9.57. The SMILES string of the molecule is CCc1c(C)c(N)c(CC)c(C)c1N. The van der Waals surface area contributed by atoms with E-state index in [0.717, 1.165) is 35.3 Å². The smallest absolute Gasteiger partial charge is 0.0383 e. The van der Waals surface area contributed by atoms with Crippen molar-refractivity contribution in [3.8, 4) is 0 Å². The zero-order chi connectivity index (χ0) is 10.9. The van der Waals surface area contributed by atoms with Crippen LogP contribution in [0.25, 0.3) is 0 Å². The van der Waals surface area contributed by atoms with Crippen LogP contribution in [-0.2, 0) is 12.8 Å². The van der Waals surface area contributed by atoms with Crippen LogP contribution in [0.1, 0.15) is 36.1 Å². The monoisotopic (exact) mass is 192 g/mol. The predicted molar refractivity (Wildman–Crippen MR) is 63.5 cm³/mol. The summed E-state index contributed by atoms with van der Waals surface area (Å²) in [4.78, 5) is 0. The molecule has 2 heteroatoms. The van der Waals surface area contributed by atoms with E-state index in [1.54, 1.807) is 0 Å². The van der Waals surface area contributed by atoms with Gasteiger partial charge in [-0.3, -0.25) is 0 Å². The van der Waals surface area contributed by atoms with E-state index in [2.05, 4.69) is 27.7 Å². The maximum atomic E-state index is 6.08. The van der Waals surface area contributed by atoms with Crippen molar-refractivity contribution >= 4 is 11.4 Å². The summed E-state index contributed by atoms with van der Waals surface area (Å²) in [5.74, 6) is 0. The Morgan fingerprint density at radius 1 is 0.786 bits per heavy atom. The Morgan fingerprint density at radius 3 is 1.29 bits per heavy atom. The minimum atomic E-state index is 0.927. The van der Waals surface area contributed by atoms with Crippen molar-refractivity contribution < 1.29 is 0 Å². The number of nitrogens with two attached hydrogens (primary N) is 2. The third-order valence-electron chi connectivity index (χ3n) is 3.07. The van der Waals surface area contributed by atoms with E-state index in [4.69, 9.17) is 11.5 Å². The summed E-state index contributed by atoms with van der Waals surface area (Å²) in [6, 6.07) is 0. The van der Waals surface area contributed by atoms with Crippen LogP contribution in [0.2, 0.25) is 0 Å². The van der Waals surface area contributed by atoms with Gasteiger partial charge in [0.05, 0.1) is 0 Å². The van der Waals surface area contributed by atoms with Crippen LogP contribution in [0.4, 0.5) is 11.4 Å². The van der Waals surface area contributed by atoms with Gasteiger partial charge in [0.2, 0.25) is 0 Å². The molecule has 0 unspecified atom stereocenters. The van der Waals surface area contributed by atoms with Gasteiger partial charge in [0.1, 0.15) is 0 Å². The lowest BCUT2D eigenvalue weighted by Crippen LogP contribution is -2.07. The van der Waals surface area contributed by atoms with Gasteiger partial charge in [-0.25, -0.2) is 0 Å². The van der Waals surface area contributed by atoms with Crippen molar-refractivity contribution in [1.82, 2.24) is 0 Å². The molecule has 0 aliphatic carbocycles. The fraction of sp³-hybridized carbons (Fsp3) is 0.500. The average molecular weight is 192 g/mol. The summed E-state index contributed by atoms with van der Waals surface area (Å²) in [5.41, 5.74) is 18.8. The molecule has 78 valence electrons. The Morgan fingerprint density at radius 2 is 1.07 bits per heavy atom. The molecule has 0 spiro atoms. The van der Waals surface area contributed by atoms with Gasteiger partial charge >= 0.3 is 0 Å². The molecular formula is C12H20N2. The van der Waals surface area contributed by atoms with Crippen molar-refractivity contribution in [2.24, 2.45) is 0 Å². The van der Waals surface area contributed by atoms with Crippen molar-refractivity contribution in [2.75, 3.05) is 11.5 Å². The highest BCUT2D eigenvalue weighted by molar-refractivity contribution is 5.70. The second kappa shape index (κ2) is 3.91. The highest BCUT2D eigenvalue weighted by Crippen LogP contribution is 2.31. The Bertz CT molecular complexity index is 290. The highest BCUT2D eigenvalue weighted by Gasteiger charge is 2.13. The minimum absolute atomic E-state index is 0.927. The third-order valence-corrected chi connectivity index (χ3v) is 3.07. The molecule has 0 radical (unpaired) electrons. The van der Waals surface area contributed by atoms with Gasteiger partial charge < -0.3 is 11.5 Å². The first-order valence-electron chi connectivity index (χ1n) is 5.20. The molecule has 0 amide bonds. The lowest BCUT2D eigenvalue weighted by molar-refractivity contribution is 1.06. The second-order valence-corrected chi connectivity index (χ2v) is 3.74. The molecule has 4 N–H and O–H groups in total. The first kappa shape index (κ1) is 10.9. The van der Waals surface area contributed by atoms with Gasteiger partial charge in [-0.2, -0.15) is 0 Å². The summed E-state index contributed by atoms with van der Waals surface area (Å²) in [5, 5.41) is 0. The summed E-state index contributed by atoms with van der Waals surface area (Å²) >= 11 is 0. The molecule has 0 aromatic heterocycles. The Labute approximate surface area is 86.3 Å². The van der Waals surface area contributed by atoms with Crippen molar-refractivity contribution in [3.05, 3.63) is 22.3 Å². The minimum Gasteiger partial charge on any atom is -0.398 e. The first-order chi connectivity index (χ1) is 6.54. The maximum Gasteiger partial charge on any atom is 0.0383 e. The quantitative estimate of drug-likeness (QED) is 0.708. The lowest BCUT2D eigenvalue weighted by atomic mass is 9.92. The molecule has 1 rings (SSSR count). The van der Waals surface area contributed by atoms with E-state index in [-0.39, 0.29) is 0 Å². The van der Waals surface area contributed by atoms with Crippen LogP contribution < -0.4 is 11.5 Å². The Kier molecular flexibility index (Phi) is 3.04. The van der Waals surface area contributed by atoms with E-state index in [0.29, 0.717) is 0 Å². The van der Waals surface area contributed by atoms with E-state index in [1.807, 2.05) is 0 Å². The van der Waals surface area contributed by atoms with Crippen LogP contribution in [-0.4, -0.2) is 0 Å². The van der Waals surface area contributed by atoms with Crippen LogP contribution in [0.15, 0.2) is 0 Å². The van der Waals surface area contributed by atoms with E-state index in [1.165, 1.54) is 11.1 Å². The molecule has 0 saturated heterocycles. The second-order valence-electron chi connectivity index (χ2n) is 3.74. The third kappa shape index (κ3) is 1.45.